The van der Waals surface area contributed by atoms with Gasteiger partial charge in [0.1, 0.15) is 17.8 Å². The zero-order valence-corrected chi connectivity index (χ0v) is 25.7. The molecule has 0 aliphatic heterocycles. The topological polar surface area (TPSA) is 110 Å². The number of carboxylic acid groups (broad SMARTS) is 1. The summed E-state index contributed by atoms with van der Waals surface area (Å²) in [6, 6.07) is 0. The Morgan fingerprint density at radius 3 is 2.30 bits per heavy atom. The first kappa shape index (κ1) is 31.3. The van der Waals surface area contributed by atoms with E-state index < -0.39 is 35.2 Å². The maximum absolute atomic E-state index is 12.4. The SMILES string of the molecule is CC(=O)O[C@@H]1C[C@H]2[C@@H]3CC[C@H]([C@H](C)CCCC(C)C)[C@@]3(C)CC[C@@H]2[C@@]2(C)CC[C@H](OC(=O)CCC(=O)O)C[C@]12O. The number of ether oxygens (including phenoxy) is 2. The molecule has 4 fully saturated rings. The summed E-state index contributed by atoms with van der Waals surface area (Å²) >= 11 is 0. The van der Waals surface area contributed by atoms with Gasteiger partial charge in [0.25, 0.3) is 0 Å². The number of hydrogen-bond acceptors (Lipinski definition) is 6. The molecular formula is C33H54O7. The molecule has 4 aliphatic carbocycles. The van der Waals surface area contributed by atoms with Crippen molar-refractivity contribution in [1.82, 2.24) is 0 Å². The minimum Gasteiger partial charge on any atom is -0.481 e. The molecule has 0 saturated heterocycles. The van der Waals surface area contributed by atoms with Gasteiger partial charge in [-0.25, -0.2) is 0 Å². The lowest BCUT2D eigenvalue weighted by molar-refractivity contribution is -0.271. The van der Waals surface area contributed by atoms with Gasteiger partial charge in [0.15, 0.2) is 0 Å². The van der Waals surface area contributed by atoms with Crippen LogP contribution in [0, 0.1) is 46.3 Å². The lowest BCUT2D eigenvalue weighted by atomic mass is 9.42. The first-order valence-corrected chi connectivity index (χ1v) is 16.0. The van der Waals surface area contributed by atoms with Crippen LogP contribution in [-0.4, -0.2) is 45.9 Å². The van der Waals surface area contributed by atoms with Crippen molar-refractivity contribution in [2.24, 2.45) is 46.3 Å². The van der Waals surface area contributed by atoms with Gasteiger partial charge in [-0.3, -0.25) is 14.4 Å². The van der Waals surface area contributed by atoms with Crippen molar-refractivity contribution >= 4 is 17.9 Å². The quantitative estimate of drug-likeness (QED) is 0.291. The first-order chi connectivity index (χ1) is 18.7. The van der Waals surface area contributed by atoms with Crippen LogP contribution in [0.15, 0.2) is 0 Å². The van der Waals surface area contributed by atoms with Gasteiger partial charge in [0.05, 0.1) is 12.8 Å². The van der Waals surface area contributed by atoms with Crippen molar-refractivity contribution in [3.05, 3.63) is 0 Å². The standard InChI is InChI=1S/C33H54O7/c1-20(2)8-7-9-21(3)25-10-11-26-24-18-28(39-22(4)34)33(38)19-23(40-30(37)13-12-29(35)36)14-17-32(33,6)27(24)15-16-31(25,26)5/h20-21,23-28,38H,7-19H2,1-6H3,(H,35,36)/t21-,23+,24+,25-,26+,27+,28-,31-,32-,33+/m1/s1. The number of hydrogen-bond donors (Lipinski definition) is 2. The summed E-state index contributed by atoms with van der Waals surface area (Å²) in [5.41, 5.74) is -1.45. The Bertz CT molecular complexity index is 947. The molecule has 0 radical (unpaired) electrons. The van der Waals surface area contributed by atoms with Crippen molar-refractivity contribution < 1.29 is 34.1 Å². The molecule has 0 spiro atoms. The van der Waals surface area contributed by atoms with Crippen LogP contribution in [-0.2, 0) is 23.9 Å². The van der Waals surface area contributed by atoms with Crippen LogP contribution in [0.2, 0.25) is 0 Å². The van der Waals surface area contributed by atoms with Crippen molar-refractivity contribution in [3.63, 3.8) is 0 Å². The van der Waals surface area contributed by atoms with Crippen molar-refractivity contribution in [2.75, 3.05) is 0 Å². The van der Waals surface area contributed by atoms with Gasteiger partial charge in [-0.2, -0.15) is 0 Å². The van der Waals surface area contributed by atoms with Gasteiger partial charge in [-0.05, 0) is 85.9 Å². The molecule has 0 aromatic carbocycles. The van der Waals surface area contributed by atoms with E-state index in [0.717, 1.165) is 12.3 Å². The average Bonchev–Trinajstić information content (AvgIpc) is 3.21. The van der Waals surface area contributed by atoms with Gasteiger partial charge in [0, 0.05) is 18.8 Å². The zero-order valence-electron chi connectivity index (χ0n) is 25.7. The van der Waals surface area contributed by atoms with E-state index in [1.807, 2.05) is 0 Å². The monoisotopic (exact) mass is 562 g/mol. The molecule has 40 heavy (non-hydrogen) atoms. The number of esters is 2. The van der Waals surface area contributed by atoms with Crippen molar-refractivity contribution in [1.29, 1.82) is 0 Å². The van der Waals surface area contributed by atoms with Gasteiger partial charge >= 0.3 is 17.9 Å². The Hall–Kier alpha value is -1.63. The molecule has 0 aromatic rings. The fourth-order valence-electron chi connectivity index (χ4n) is 10.1. The summed E-state index contributed by atoms with van der Waals surface area (Å²) in [5, 5.41) is 21.3. The molecule has 10 atom stereocenters. The highest BCUT2D eigenvalue weighted by Gasteiger charge is 2.68. The Kier molecular flexibility index (Phi) is 9.34. The Morgan fingerprint density at radius 2 is 1.65 bits per heavy atom. The highest BCUT2D eigenvalue weighted by molar-refractivity contribution is 5.76. The van der Waals surface area contributed by atoms with Crippen LogP contribution in [0.25, 0.3) is 0 Å². The predicted octanol–water partition coefficient (Wildman–Crippen LogP) is 6.54. The summed E-state index contributed by atoms with van der Waals surface area (Å²) in [4.78, 5) is 35.5. The smallest absolute Gasteiger partial charge is 0.306 e. The maximum atomic E-state index is 12.4. The van der Waals surface area contributed by atoms with Crippen LogP contribution in [0.4, 0.5) is 0 Å². The van der Waals surface area contributed by atoms with E-state index in [9.17, 15) is 19.5 Å². The molecule has 4 aliphatic rings. The third kappa shape index (κ3) is 5.83. The van der Waals surface area contributed by atoms with E-state index in [1.165, 1.54) is 45.4 Å². The molecule has 4 rings (SSSR count). The number of carboxylic acids is 1. The fourth-order valence-corrected chi connectivity index (χ4v) is 10.1. The average molecular weight is 563 g/mol. The molecule has 0 aromatic heterocycles. The summed E-state index contributed by atoms with van der Waals surface area (Å²) in [5.74, 6) is 1.49. The van der Waals surface area contributed by atoms with Gasteiger partial charge in [0.2, 0.25) is 0 Å². The number of aliphatic hydroxyl groups is 1. The van der Waals surface area contributed by atoms with Gasteiger partial charge < -0.3 is 19.7 Å². The summed E-state index contributed by atoms with van der Waals surface area (Å²) in [6.07, 6.45) is 9.20. The number of rotatable bonds is 10. The van der Waals surface area contributed by atoms with Gasteiger partial charge in [-0.1, -0.05) is 53.9 Å². The molecule has 0 bridgehead atoms. The maximum Gasteiger partial charge on any atom is 0.306 e. The second-order valence-corrected chi connectivity index (χ2v) is 14.8. The number of carbonyl (C=O) groups excluding carboxylic acids is 2. The first-order valence-electron chi connectivity index (χ1n) is 16.0. The molecule has 0 amide bonds. The highest BCUT2D eigenvalue weighted by atomic mass is 16.6. The molecule has 0 unspecified atom stereocenters. The number of carbonyl (C=O) groups is 3. The molecule has 2 N–H and O–H groups in total. The molecular weight excluding hydrogens is 508 g/mol. The largest absolute Gasteiger partial charge is 0.481 e. The summed E-state index contributed by atoms with van der Waals surface area (Å²) in [6.45, 7) is 13.2. The lowest BCUT2D eigenvalue weighted by Crippen LogP contribution is -2.69. The van der Waals surface area contributed by atoms with E-state index in [0.29, 0.717) is 48.9 Å². The lowest BCUT2D eigenvalue weighted by Gasteiger charge is -2.65. The normalized spacial score (nSPS) is 41.4. The second kappa shape index (κ2) is 11.9. The third-order valence-electron chi connectivity index (χ3n) is 12.1. The number of fused-ring (bicyclic) bond motifs is 5. The molecule has 4 saturated carbocycles. The van der Waals surface area contributed by atoms with E-state index in [4.69, 9.17) is 14.6 Å². The van der Waals surface area contributed by atoms with E-state index in [-0.39, 0.29) is 30.6 Å². The van der Waals surface area contributed by atoms with Crippen LogP contribution in [0.1, 0.15) is 125 Å². The molecule has 228 valence electrons. The van der Waals surface area contributed by atoms with Crippen molar-refractivity contribution in [3.8, 4) is 0 Å². The Morgan fingerprint density at radius 1 is 0.925 bits per heavy atom. The molecule has 7 nitrogen and oxygen atoms in total. The van der Waals surface area contributed by atoms with Crippen LogP contribution in [0.3, 0.4) is 0 Å². The predicted molar refractivity (Wildman–Crippen MR) is 152 cm³/mol. The fraction of sp³-hybridized carbons (Fsp3) is 0.909. The van der Waals surface area contributed by atoms with Crippen LogP contribution in [0.5, 0.6) is 0 Å². The highest BCUT2D eigenvalue weighted by Crippen LogP contribution is 2.69. The second-order valence-electron chi connectivity index (χ2n) is 14.8. The summed E-state index contributed by atoms with van der Waals surface area (Å²) in [7, 11) is 0. The Balaban J connectivity index is 1.54. The van der Waals surface area contributed by atoms with Gasteiger partial charge in [-0.15, -0.1) is 0 Å². The van der Waals surface area contributed by atoms with E-state index >= 15 is 0 Å². The minimum atomic E-state index is -1.29. The van der Waals surface area contributed by atoms with Crippen molar-refractivity contribution in [2.45, 2.75) is 143 Å². The van der Waals surface area contributed by atoms with Crippen LogP contribution >= 0.6 is 0 Å². The van der Waals surface area contributed by atoms with E-state index in [2.05, 4.69) is 34.6 Å². The number of aliphatic carboxylic acids is 1. The Labute approximate surface area is 241 Å². The minimum absolute atomic E-state index is 0.184. The zero-order chi connectivity index (χ0) is 29.5. The summed E-state index contributed by atoms with van der Waals surface area (Å²) < 4.78 is 11.6. The molecule has 0 heterocycles. The van der Waals surface area contributed by atoms with E-state index in [1.54, 1.807) is 0 Å². The van der Waals surface area contributed by atoms with Crippen LogP contribution < -0.4 is 0 Å². The third-order valence-corrected chi connectivity index (χ3v) is 12.1. The molecule has 7 heteroatoms.